The molecule has 0 amide bonds. The summed E-state index contributed by atoms with van der Waals surface area (Å²) in [4.78, 5) is 15.3. The molecule has 3 nitrogen and oxygen atoms in total. The summed E-state index contributed by atoms with van der Waals surface area (Å²) >= 11 is 0. The van der Waals surface area contributed by atoms with Crippen LogP contribution in [0.15, 0.2) is 47.7 Å². The first kappa shape index (κ1) is 21.8. The van der Waals surface area contributed by atoms with Crippen LogP contribution in [0.1, 0.15) is 70.8 Å². The van der Waals surface area contributed by atoms with Crippen LogP contribution in [0.5, 0.6) is 0 Å². The molecule has 0 unspecified atom stereocenters. The molecule has 3 heteroatoms. The van der Waals surface area contributed by atoms with Gasteiger partial charge in [0.05, 0.1) is 12.4 Å². The Morgan fingerprint density at radius 1 is 1.09 bits per heavy atom. The van der Waals surface area contributed by atoms with Gasteiger partial charge in [-0.2, -0.15) is 0 Å². The second-order valence-corrected chi connectivity index (χ2v) is 11.3. The molecule has 0 radical (unpaired) electrons. The quantitative estimate of drug-likeness (QED) is 0.542. The van der Waals surface area contributed by atoms with Crippen molar-refractivity contribution in [2.75, 3.05) is 25.6 Å². The first-order valence-electron chi connectivity index (χ1n) is 12.6. The fourth-order valence-electron chi connectivity index (χ4n) is 7.91. The Bertz CT molecular complexity index is 958. The third kappa shape index (κ3) is 3.18. The average molecular weight is 434 g/mol. The summed E-state index contributed by atoms with van der Waals surface area (Å²) in [5, 5.41) is 0. The maximum absolute atomic E-state index is 13.2. The largest absolute Gasteiger partial charge is 0.498 e. The molecule has 2 fully saturated rings. The van der Waals surface area contributed by atoms with E-state index >= 15 is 0 Å². The van der Waals surface area contributed by atoms with Crippen LogP contribution in [0.4, 0.5) is 5.69 Å². The predicted molar refractivity (Wildman–Crippen MR) is 131 cm³/mol. The molecule has 1 aromatic carbocycles. The van der Waals surface area contributed by atoms with Gasteiger partial charge in [0.15, 0.2) is 0 Å². The highest BCUT2D eigenvalue weighted by atomic mass is 16.5. The Hall–Kier alpha value is -2.03. The van der Waals surface area contributed by atoms with Gasteiger partial charge in [0.1, 0.15) is 5.78 Å². The van der Waals surface area contributed by atoms with E-state index in [1.807, 2.05) is 0 Å². The van der Waals surface area contributed by atoms with E-state index in [2.05, 4.69) is 76.2 Å². The smallest absolute Gasteiger partial charge is 0.139 e. The molecule has 0 heterocycles. The van der Waals surface area contributed by atoms with Crippen molar-refractivity contribution in [3.63, 3.8) is 0 Å². The fraction of sp³-hybridized carbons (Fsp3) is 0.621. The SMILES string of the molecule is CCOC1=CC2=CC[C@@H]3[C@H]([C@@H](c4ccc(N(C)C)cc4)C[C@]4(C)C(=O)CC[C@@H]34)[C@@]2(C)CC1. The van der Waals surface area contributed by atoms with Gasteiger partial charge in [0, 0.05) is 38.0 Å². The number of Topliss-reactive ketones (excluding diaryl/α,β-unsaturated/α-hetero) is 1. The summed E-state index contributed by atoms with van der Waals surface area (Å²) in [6.07, 6.45) is 11.0. The minimum atomic E-state index is -0.158. The summed E-state index contributed by atoms with van der Waals surface area (Å²) in [6, 6.07) is 9.19. The van der Waals surface area contributed by atoms with Crippen LogP contribution >= 0.6 is 0 Å². The van der Waals surface area contributed by atoms with Gasteiger partial charge in [-0.25, -0.2) is 0 Å². The van der Waals surface area contributed by atoms with Crippen molar-refractivity contribution in [3.05, 3.63) is 53.3 Å². The minimum Gasteiger partial charge on any atom is -0.498 e. The highest BCUT2D eigenvalue weighted by molar-refractivity contribution is 5.87. The van der Waals surface area contributed by atoms with Crippen LogP contribution in [-0.2, 0) is 9.53 Å². The number of nitrogens with zero attached hydrogens (tertiary/aromatic N) is 1. The number of fused-ring (bicyclic) bond motifs is 5. The van der Waals surface area contributed by atoms with E-state index in [4.69, 9.17) is 4.74 Å². The molecule has 4 aliphatic rings. The fourth-order valence-corrected chi connectivity index (χ4v) is 7.91. The van der Waals surface area contributed by atoms with Crippen molar-refractivity contribution in [2.24, 2.45) is 28.6 Å². The molecule has 5 rings (SSSR count). The summed E-state index contributed by atoms with van der Waals surface area (Å²) in [5.41, 5.74) is 4.14. The zero-order valence-electron chi connectivity index (χ0n) is 20.5. The Kier molecular flexibility index (Phi) is 5.30. The van der Waals surface area contributed by atoms with Crippen LogP contribution < -0.4 is 4.90 Å². The molecular formula is C29H39NO2. The molecule has 32 heavy (non-hydrogen) atoms. The summed E-state index contributed by atoms with van der Waals surface area (Å²) in [5.74, 6) is 3.79. The lowest BCUT2D eigenvalue weighted by Crippen LogP contribution is -2.52. The zero-order valence-corrected chi connectivity index (χ0v) is 20.5. The molecule has 0 spiro atoms. The van der Waals surface area contributed by atoms with E-state index in [0.717, 1.165) is 50.9 Å². The second-order valence-electron chi connectivity index (χ2n) is 11.3. The number of ether oxygens (including phenoxy) is 1. The van der Waals surface area contributed by atoms with E-state index in [1.165, 1.54) is 16.8 Å². The predicted octanol–water partition coefficient (Wildman–Crippen LogP) is 6.51. The molecule has 0 aliphatic heterocycles. The summed E-state index contributed by atoms with van der Waals surface area (Å²) < 4.78 is 5.93. The molecule has 2 saturated carbocycles. The number of carbonyl (C=O) groups is 1. The number of allylic oxidation sites excluding steroid dienone is 4. The Morgan fingerprint density at radius 3 is 2.53 bits per heavy atom. The molecule has 172 valence electrons. The molecule has 1 aromatic rings. The Morgan fingerprint density at radius 2 is 1.84 bits per heavy atom. The topological polar surface area (TPSA) is 29.5 Å². The van der Waals surface area contributed by atoms with Crippen LogP contribution in [0.2, 0.25) is 0 Å². The monoisotopic (exact) mass is 433 g/mol. The number of anilines is 1. The number of rotatable bonds is 4. The maximum Gasteiger partial charge on any atom is 0.139 e. The van der Waals surface area contributed by atoms with Crippen LogP contribution in [0, 0.1) is 28.6 Å². The third-order valence-corrected chi connectivity index (χ3v) is 9.57. The van der Waals surface area contributed by atoms with Gasteiger partial charge < -0.3 is 9.64 Å². The lowest BCUT2D eigenvalue weighted by molar-refractivity contribution is -0.133. The first-order valence-corrected chi connectivity index (χ1v) is 12.6. The van der Waals surface area contributed by atoms with Gasteiger partial charge in [0.25, 0.3) is 0 Å². The van der Waals surface area contributed by atoms with Gasteiger partial charge in [-0.3, -0.25) is 4.79 Å². The normalized spacial score (nSPS) is 38.2. The second kappa shape index (κ2) is 7.78. The van der Waals surface area contributed by atoms with E-state index in [9.17, 15) is 4.79 Å². The minimum absolute atomic E-state index is 0.154. The number of ketones is 1. The molecule has 6 atom stereocenters. The van der Waals surface area contributed by atoms with E-state index in [-0.39, 0.29) is 10.8 Å². The van der Waals surface area contributed by atoms with Crippen molar-refractivity contribution < 1.29 is 9.53 Å². The highest BCUT2D eigenvalue weighted by Crippen LogP contribution is 2.67. The zero-order chi connectivity index (χ0) is 22.7. The number of benzene rings is 1. The molecule has 0 bridgehead atoms. The summed E-state index contributed by atoms with van der Waals surface area (Å²) in [7, 11) is 4.19. The number of carbonyl (C=O) groups excluding carboxylic acids is 1. The van der Waals surface area contributed by atoms with Crippen LogP contribution in [0.3, 0.4) is 0 Å². The molecular weight excluding hydrogens is 394 g/mol. The molecule has 0 aromatic heterocycles. The van der Waals surface area contributed by atoms with Crippen molar-refractivity contribution in [2.45, 2.75) is 65.2 Å². The lowest BCUT2D eigenvalue weighted by atomic mass is 9.45. The van der Waals surface area contributed by atoms with Crippen molar-refractivity contribution in [1.29, 1.82) is 0 Å². The summed E-state index contributed by atoms with van der Waals surface area (Å²) in [6.45, 7) is 7.62. The van der Waals surface area contributed by atoms with E-state index in [1.54, 1.807) is 0 Å². The van der Waals surface area contributed by atoms with Gasteiger partial charge in [-0.15, -0.1) is 0 Å². The highest BCUT2D eigenvalue weighted by Gasteiger charge is 2.61. The number of hydrogen-bond donors (Lipinski definition) is 0. The van der Waals surface area contributed by atoms with Crippen molar-refractivity contribution in [1.82, 2.24) is 0 Å². The van der Waals surface area contributed by atoms with Crippen LogP contribution in [-0.4, -0.2) is 26.5 Å². The van der Waals surface area contributed by atoms with Gasteiger partial charge in [0.2, 0.25) is 0 Å². The van der Waals surface area contributed by atoms with E-state index in [0.29, 0.717) is 29.5 Å². The maximum atomic E-state index is 13.2. The number of hydrogen-bond acceptors (Lipinski definition) is 3. The average Bonchev–Trinajstić information content (AvgIpc) is 3.08. The standard InChI is InChI=1S/C29H39NO2/c1-6-32-22-15-16-28(2)20(17-22)9-12-23-25-13-14-26(31)29(25,3)18-24(27(23)28)19-7-10-21(11-8-19)30(4)5/h7-11,17,23-25,27H,6,12-16,18H2,1-5H3/t23-,24+,25-,27+,28-,29-/m0/s1. The van der Waals surface area contributed by atoms with Crippen molar-refractivity contribution in [3.8, 4) is 0 Å². The Balaban J connectivity index is 1.60. The van der Waals surface area contributed by atoms with Gasteiger partial charge in [-0.1, -0.05) is 32.1 Å². The molecule has 4 aliphatic carbocycles. The molecule has 0 saturated heterocycles. The van der Waals surface area contributed by atoms with Crippen molar-refractivity contribution >= 4 is 11.5 Å². The van der Waals surface area contributed by atoms with Gasteiger partial charge in [-0.05, 0) is 91.0 Å². The first-order chi connectivity index (χ1) is 15.3. The van der Waals surface area contributed by atoms with Crippen LogP contribution in [0.25, 0.3) is 0 Å². The lowest BCUT2D eigenvalue weighted by Gasteiger charge is -2.59. The Labute approximate surface area is 193 Å². The molecule has 0 N–H and O–H groups in total. The van der Waals surface area contributed by atoms with E-state index < -0.39 is 0 Å². The third-order valence-electron chi connectivity index (χ3n) is 9.57. The van der Waals surface area contributed by atoms with Gasteiger partial charge >= 0.3 is 0 Å².